The molecule has 2 aromatic carbocycles. The number of amides is 1. The number of cyclic esters (lactones) is 1. The van der Waals surface area contributed by atoms with E-state index in [1.165, 1.54) is 11.1 Å². The van der Waals surface area contributed by atoms with Crippen molar-refractivity contribution >= 4 is 11.8 Å². The summed E-state index contributed by atoms with van der Waals surface area (Å²) in [5.41, 5.74) is 7.55. The van der Waals surface area contributed by atoms with Gasteiger partial charge in [-0.15, -0.1) is 0 Å². The summed E-state index contributed by atoms with van der Waals surface area (Å²) in [6, 6.07) is 16.3. The van der Waals surface area contributed by atoms with Crippen molar-refractivity contribution in [1.29, 1.82) is 0 Å². The minimum atomic E-state index is -0.508. The monoisotopic (exact) mass is 266 g/mol. The van der Waals surface area contributed by atoms with E-state index in [0.717, 1.165) is 16.8 Å². The molecule has 1 amide bonds. The highest BCUT2D eigenvalue weighted by Crippen LogP contribution is 2.24. The first-order chi connectivity index (χ1) is 9.74. The van der Waals surface area contributed by atoms with Crippen LogP contribution in [0.1, 0.15) is 11.1 Å². The molecule has 20 heavy (non-hydrogen) atoms. The molecule has 4 nitrogen and oxygen atoms in total. The van der Waals surface area contributed by atoms with Crippen molar-refractivity contribution in [3.63, 3.8) is 0 Å². The van der Waals surface area contributed by atoms with E-state index >= 15 is 0 Å². The van der Waals surface area contributed by atoms with Gasteiger partial charge in [-0.3, -0.25) is 0 Å². The molecule has 3 rings (SSSR count). The van der Waals surface area contributed by atoms with E-state index in [-0.39, 0.29) is 6.61 Å². The number of aryl methyl sites for hydroxylation is 1. The van der Waals surface area contributed by atoms with Gasteiger partial charge in [0.2, 0.25) is 0 Å². The molecule has 0 aromatic heterocycles. The van der Waals surface area contributed by atoms with E-state index in [9.17, 15) is 4.79 Å². The fraction of sp³-hybridized carbons (Fsp3) is 0.125. The summed E-state index contributed by atoms with van der Waals surface area (Å²) in [5.74, 6) is 0. The van der Waals surface area contributed by atoms with Gasteiger partial charge in [-0.25, -0.2) is 10.2 Å². The largest absolute Gasteiger partial charge is 0.442 e. The summed E-state index contributed by atoms with van der Waals surface area (Å²) >= 11 is 0. The van der Waals surface area contributed by atoms with E-state index < -0.39 is 6.09 Å². The Bertz CT molecular complexity index is 678. The van der Waals surface area contributed by atoms with Gasteiger partial charge in [0, 0.05) is 5.56 Å². The molecule has 0 aliphatic carbocycles. The molecule has 0 saturated heterocycles. The summed E-state index contributed by atoms with van der Waals surface area (Å²) in [6.45, 7) is 2.27. The Labute approximate surface area is 117 Å². The maximum absolute atomic E-state index is 10.9. The highest BCUT2D eigenvalue weighted by molar-refractivity contribution is 6.04. The molecule has 0 atom stereocenters. The highest BCUT2D eigenvalue weighted by atomic mass is 16.6. The predicted octanol–water partition coefficient (Wildman–Crippen LogP) is 3.11. The minimum absolute atomic E-state index is 0.204. The van der Waals surface area contributed by atoms with Crippen LogP contribution in [-0.4, -0.2) is 18.4 Å². The molecule has 4 heteroatoms. The van der Waals surface area contributed by atoms with Crippen LogP contribution in [0.3, 0.4) is 0 Å². The summed E-state index contributed by atoms with van der Waals surface area (Å²) in [7, 11) is 0. The molecule has 0 unspecified atom stereocenters. The molecule has 1 aliphatic heterocycles. The first-order valence-corrected chi connectivity index (χ1v) is 6.40. The predicted molar refractivity (Wildman–Crippen MR) is 77.6 cm³/mol. The van der Waals surface area contributed by atoms with Gasteiger partial charge in [0.15, 0.2) is 0 Å². The van der Waals surface area contributed by atoms with Crippen LogP contribution in [0.2, 0.25) is 0 Å². The number of rotatable bonds is 2. The van der Waals surface area contributed by atoms with E-state index in [1.807, 2.05) is 24.3 Å². The lowest BCUT2D eigenvalue weighted by Crippen LogP contribution is -2.30. The van der Waals surface area contributed by atoms with Gasteiger partial charge in [0.1, 0.15) is 12.3 Å². The van der Waals surface area contributed by atoms with Gasteiger partial charge >= 0.3 is 6.09 Å². The van der Waals surface area contributed by atoms with Crippen molar-refractivity contribution in [3.05, 3.63) is 59.7 Å². The first kappa shape index (κ1) is 12.4. The normalized spacial score (nSPS) is 14.2. The van der Waals surface area contributed by atoms with Crippen molar-refractivity contribution in [1.82, 2.24) is 5.43 Å². The third kappa shape index (κ3) is 2.40. The van der Waals surface area contributed by atoms with Crippen molar-refractivity contribution < 1.29 is 9.53 Å². The summed E-state index contributed by atoms with van der Waals surface area (Å²) < 4.78 is 4.92. The summed E-state index contributed by atoms with van der Waals surface area (Å²) in [6.07, 6.45) is -0.508. The second-order valence-electron chi connectivity index (χ2n) is 4.64. The van der Waals surface area contributed by atoms with Crippen molar-refractivity contribution in [2.75, 3.05) is 6.61 Å². The Balaban J connectivity index is 1.94. The lowest BCUT2D eigenvalue weighted by Gasteiger charge is -2.14. The van der Waals surface area contributed by atoms with Crippen LogP contribution in [0.5, 0.6) is 0 Å². The number of hydrazone groups is 1. The molecular formula is C16H14N2O2. The number of hydrogen-bond donors (Lipinski definition) is 1. The van der Waals surface area contributed by atoms with Gasteiger partial charge in [-0.1, -0.05) is 42.5 Å². The van der Waals surface area contributed by atoms with Crippen LogP contribution >= 0.6 is 0 Å². The standard InChI is InChI=1S/C16H14N2O2/c1-11-9-13(15-10-20-16(19)18-17-15)7-8-14(11)12-5-3-2-4-6-12/h2-9H,10H2,1H3,(H,18,19). The number of nitrogens with one attached hydrogen (secondary N) is 1. The molecule has 0 radical (unpaired) electrons. The topological polar surface area (TPSA) is 50.7 Å². The van der Waals surface area contributed by atoms with E-state index in [0.29, 0.717) is 0 Å². The maximum atomic E-state index is 10.9. The molecular weight excluding hydrogens is 252 g/mol. The number of carbonyl (C=O) groups excluding carboxylic acids is 1. The number of carbonyl (C=O) groups is 1. The third-order valence-corrected chi connectivity index (χ3v) is 3.27. The Morgan fingerprint density at radius 1 is 1.10 bits per heavy atom. The summed E-state index contributed by atoms with van der Waals surface area (Å²) in [4.78, 5) is 10.9. The smallest absolute Gasteiger partial charge is 0.428 e. The fourth-order valence-corrected chi connectivity index (χ4v) is 2.24. The van der Waals surface area contributed by atoms with Crippen LogP contribution in [0.15, 0.2) is 53.6 Å². The highest BCUT2D eigenvalue weighted by Gasteiger charge is 2.14. The zero-order chi connectivity index (χ0) is 13.9. The van der Waals surface area contributed by atoms with Gasteiger partial charge < -0.3 is 4.74 Å². The molecule has 100 valence electrons. The number of benzene rings is 2. The minimum Gasteiger partial charge on any atom is -0.442 e. The third-order valence-electron chi connectivity index (χ3n) is 3.27. The Hall–Kier alpha value is -2.62. The molecule has 2 aromatic rings. The quantitative estimate of drug-likeness (QED) is 0.908. The average Bonchev–Trinajstić information content (AvgIpc) is 2.49. The van der Waals surface area contributed by atoms with Crippen LogP contribution < -0.4 is 5.43 Å². The second kappa shape index (κ2) is 5.17. The van der Waals surface area contributed by atoms with Gasteiger partial charge in [0.05, 0.1) is 0 Å². The lowest BCUT2D eigenvalue weighted by atomic mass is 9.97. The zero-order valence-corrected chi connectivity index (χ0v) is 11.1. The summed E-state index contributed by atoms with van der Waals surface area (Å²) in [5, 5.41) is 4.02. The number of nitrogens with zero attached hydrogens (tertiary/aromatic N) is 1. The van der Waals surface area contributed by atoms with Crippen LogP contribution in [0.25, 0.3) is 11.1 Å². The average molecular weight is 266 g/mol. The van der Waals surface area contributed by atoms with Crippen LogP contribution in [0, 0.1) is 6.92 Å². The molecule has 1 N–H and O–H groups in total. The van der Waals surface area contributed by atoms with Gasteiger partial charge in [-0.05, 0) is 29.7 Å². The van der Waals surface area contributed by atoms with Crippen LogP contribution in [0.4, 0.5) is 4.79 Å². The fourth-order valence-electron chi connectivity index (χ4n) is 2.24. The molecule has 0 bridgehead atoms. The molecule has 1 heterocycles. The van der Waals surface area contributed by atoms with Gasteiger partial charge in [-0.2, -0.15) is 5.10 Å². The first-order valence-electron chi connectivity index (χ1n) is 6.40. The van der Waals surface area contributed by atoms with E-state index in [1.54, 1.807) is 0 Å². The number of hydrogen-bond acceptors (Lipinski definition) is 3. The van der Waals surface area contributed by atoms with E-state index in [2.05, 4.69) is 41.7 Å². The molecule has 0 spiro atoms. The van der Waals surface area contributed by atoms with Crippen molar-refractivity contribution in [2.24, 2.45) is 5.10 Å². The Kier molecular flexibility index (Phi) is 3.21. The lowest BCUT2D eigenvalue weighted by molar-refractivity contribution is 0.157. The van der Waals surface area contributed by atoms with Crippen molar-refractivity contribution in [3.8, 4) is 11.1 Å². The number of ether oxygens (including phenoxy) is 1. The molecule has 0 saturated carbocycles. The van der Waals surface area contributed by atoms with E-state index in [4.69, 9.17) is 4.74 Å². The van der Waals surface area contributed by atoms with Crippen molar-refractivity contribution in [2.45, 2.75) is 6.92 Å². The van der Waals surface area contributed by atoms with Gasteiger partial charge in [0.25, 0.3) is 0 Å². The Morgan fingerprint density at radius 2 is 1.90 bits per heavy atom. The maximum Gasteiger partial charge on any atom is 0.428 e. The zero-order valence-electron chi connectivity index (χ0n) is 11.1. The molecule has 1 aliphatic rings. The SMILES string of the molecule is Cc1cc(C2=NNC(=O)OC2)ccc1-c1ccccc1. The molecule has 0 fully saturated rings. The Morgan fingerprint density at radius 3 is 2.55 bits per heavy atom. The second-order valence-corrected chi connectivity index (χ2v) is 4.64. The van der Waals surface area contributed by atoms with Crippen LogP contribution in [-0.2, 0) is 4.74 Å².